The third-order valence-electron chi connectivity index (χ3n) is 12.0. The number of carbonyl (C=O) groups is 2. The van der Waals surface area contributed by atoms with Crippen LogP contribution < -0.4 is 21.4 Å². The van der Waals surface area contributed by atoms with Crippen LogP contribution in [0.4, 0.5) is 20.2 Å². The first-order valence-corrected chi connectivity index (χ1v) is 23.7. The molecule has 10 nitrogen and oxygen atoms in total. The Balaban J connectivity index is 0.000000452. The highest BCUT2D eigenvalue weighted by Gasteiger charge is 2.25. The molecule has 0 bridgehead atoms. The second kappa shape index (κ2) is 27.0. The molecule has 360 valence electrons. The van der Waals surface area contributed by atoms with Gasteiger partial charge in [-0.2, -0.15) is 0 Å². The van der Waals surface area contributed by atoms with E-state index in [4.69, 9.17) is 5.21 Å². The van der Waals surface area contributed by atoms with Crippen molar-refractivity contribution in [2.75, 3.05) is 50.6 Å². The van der Waals surface area contributed by atoms with Crippen molar-refractivity contribution in [3.63, 3.8) is 0 Å². The number of allylic oxidation sites excluding steroid dienone is 3. The number of Topliss-reactive ketones (excluding diaryl/α,β-unsaturated/α-hetero) is 1. The van der Waals surface area contributed by atoms with E-state index in [0.29, 0.717) is 22.5 Å². The summed E-state index contributed by atoms with van der Waals surface area (Å²) in [5, 5.41) is 19.7. The number of pyridine rings is 1. The van der Waals surface area contributed by atoms with Crippen molar-refractivity contribution in [3.05, 3.63) is 144 Å². The number of unbranched alkanes of at least 4 members (excludes halogenated alkanes) is 2. The quantitative estimate of drug-likeness (QED) is 0.0306. The van der Waals surface area contributed by atoms with E-state index in [2.05, 4.69) is 83.6 Å². The van der Waals surface area contributed by atoms with Crippen LogP contribution in [0.2, 0.25) is 0 Å². The maximum atomic E-state index is 14.7. The number of aromatic amines is 1. The lowest BCUT2D eigenvalue weighted by molar-refractivity contribution is 0.101. The Morgan fingerprint density at radius 1 is 0.881 bits per heavy atom. The summed E-state index contributed by atoms with van der Waals surface area (Å²) in [6.07, 6.45) is 11.9. The van der Waals surface area contributed by atoms with E-state index in [1.165, 1.54) is 37.7 Å². The Morgan fingerprint density at radius 2 is 1.58 bits per heavy atom. The maximum Gasteiger partial charge on any atom is 0.201 e. The van der Waals surface area contributed by atoms with E-state index in [-0.39, 0.29) is 11.3 Å². The number of aromatic nitrogens is 2. The molecule has 7 rings (SSSR count). The molecule has 0 aliphatic carbocycles. The van der Waals surface area contributed by atoms with Crippen LogP contribution in [0.25, 0.3) is 27.7 Å². The monoisotopic (exact) mass is 918 g/mol. The molecular formula is C55H73F2N7O3. The number of hydrogen-bond donors (Lipinski definition) is 6. The summed E-state index contributed by atoms with van der Waals surface area (Å²) in [6, 6.07) is 17.7. The molecule has 67 heavy (non-hydrogen) atoms. The number of nitrogens with zero attached hydrogens (tertiary/aromatic N) is 2. The summed E-state index contributed by atoms with van der Waals surface area (Å²) >= 11 is 0. The molecule has 5 aromatic rings. The molecule has 6 N–H and O–H groups in total. The first-order chi connectivity index (χ1) is 32.2. The molecule has 12 heteroatoms. The number of aryl methyl sites for hydroxylation is 1. The van der Waals surface area contributed by atoms with Gasteiger partial charge >= 0.3 is 0 Å². The zero-order chi connectivity index (χ0) is 49.0. The lowest BCUT2D eigenvalue weighted by atomic mass is 9.97. The van der Waals surface area contributed by atoms with Gasteiger partial charge in [-0.05, 0) is 157 Å². The third kappa shape index (κ3) is 15.8. The molecule has 4 heterocycles. The normalized spacial score (nSPS) is 15.6. The Kier molecular flexibility index (Phi) is 21.6. The molecule has 3 aromatic carbocycles. The van der Waals surface area contributed by atoms with Crippen LogP contribution in [0.5, 0.6) is 0 Å². The molecule has 2 saturated heterocycles. The van der Waals surface area contributed by atoms with Crippen molar-refractivity contribution in [1.82, 2.24) is 25.5 Å². The maximum absolute atomic E-state index is 14.7. The summed E-state index contributed by atoms with van der Waals surface area (Å²) < 4.78 is 29.2. The number of carbonyl (C=O) groups excluding carboxylic acids is 2. The number of anilines is 2. The van der Waals surface area contributed by atoms with Crippen LogP contribution in [-0.4, -0.2) is 71.4 Å². The van der Waals surface area contributed by atoms with E-state index in [1.54, 1.807) is 24.7 Å². The highest BCUT2D eigenvalue weighted by Crippen LogP contribution is 2.30. The number of benzene rings is 3. The zero-order valence-corrected chi connectivity index (χ0v) is 40.8. The number of rotatable bonds is 17. The fourth-order valence-corrected chi connectivity index (χ4v) is 7.95. The molecule has 0 saturated carbocycles. The van der Waals surface area contributed by atoms with E-state index in [0.717, 1.165) is 116 Å². The summed E-state index contributed by atoms with van der Waals surface area (Å²) in [5.74, 6) is -1.44. The van der Waals surface area contributed by atoms with Crippen LogP contribution in [0.1, 0.15) is 124 Å². The lowest BCUT2D eigenvalue weighted by Gasteiger charge is -2.24. The molecule has 2 unspecified atom stereocenters. The van der Waals surface area contributed by atoms with Crippen LogP contribution in [0.15, 0.2) is 104 Å². The highest BCUT2D eigenvalue weighted by molar-refractivity contribution is 6.16. The predicted molar refractivity (Wildman–Crippen MR) is 274 cm³/mol. The summed E-state index contributed by atoms with van der Waals surface area (Å²) in [6.45, 7) is 29.1. The van der Waals surface area contributed by atoms with Crippen LogP contribution >= 0.6 is 0 Å². The van der Waals surface area contributed by atoms with Crippen molar-refractivity contribution in [1.29, 1.82) is 0 Å². The second-order valence-electron chi connectivity index (χ2n) is 17.5. The number of hydrogen-bond acceptors (Lipinski definition) is 9. The fraction of sp³-hybridized carbons (Fsp3) is 0.400. The average molecular weight is 918 g/mol. The van der Waals surface area contributed by atoms with Gasteiger partial charge in [-0.15, -0.1) is 0 Å². The van der Waals surface area contributed by atoms with Gasteiger partial charge in [0.1, 0.15) is 11.5 Å². The number of ketones is 2. The Bertz CT molecular complexity index is 2440. The van der Waals surface area contributed by atoms with Gasteiger partial charge in [0.25, 0.3) is 0 Å². The standard InChI is InChI=1S/C39H41F2N5O3.C8H13N.C6H13N.C2H6/c1-24(2)31-21-29(13-14-30(31)25(3)47)43-19-7-6-18-42-17-5-4-8-26-9-11-27(12-10-26)28-20-32-33(23-45-39(32)44-22-28)38(48)36-34(40)15-16-35(46-49)37(36)41;1-6-4-5-7(2)9-8(6)3;1-6-3-4-7(2)5-6;1-2/h9-16,20-23,42-43,46,49H,1,4-8,17-19H2,2-3H3,(H,44,45);6,9H,2-5H2,1H3;6H,3-5H2,1-2H3;1-2H3. The largest absolute Gasteiger partial charge is 0.385 e. The Hall–Kier alpha value is -5.95. The smallest absolute Gasteiger partial charge is 0.201 e. The molecule has 0 radical (unpaired) electrons. The van der Waals surface area contributed by atoms with Crippen molar-refractivity contribution in [3.8, 4) is 11.1 Å². The Labute approximate surface area is 397 Å². The van der Waals surface area contributed by atoms with Gasteiger partial charge in [-0.1, -0.05) is 77.3 Å². The predicted octanol–water partition coefficient (Wildman–Crippen LogP) is 12.6. The molecule has 2 aliphatic heterocycles. The van der Waals surface area contributed by atoms with E-state index in [1.807, 2.05) is 51.1 Å². The molecule has 0 spiro atoms. The van der Waals surface area contributed by atoms with Gasteiger partial charge in [0.05, 0.1) is 11.3 Å². The van der Waals surface area contributed by atoms with Gasteiger partial charge in [-0.3, -0.25) is 20.3 Å². The Morgan fingerprint density at radius 3 is 2.18 bits per heavy atom. The minimum atomic E-state index is -1.17. The zero-order valence-electron chi connectivity index (χ0n) is 40.8. The fourth-order valence-electron chi connectivity index (χ4n) is 7.95. The summed E-state index contributed by atoms with van der Waals surface area (Å²) in [7, 11) is 2.18. The van der Waals surface area contributed by atoms with Gasteiger partial charge in [0, 0.05) is 64.6 Å². The average Bonchev–Trinajstić information content (AvgIpc) is 3.93. The van der Waals surface area contributed by atoms with Crippen LogP contribution in [0, 0.1) is 23.5 Å². The number of piperidine rings is 1. The van der Waals surface area contributed by atoms with Crippen molar-refractivity contribution in [2.24, 2.45) is 11.8 Å². The molecule has 2 aliphatic rings. The van der Waals surface area contributed by atoms with Crippen molar-refractivity contribution in [2.45, 2.75) is 92.9 Å². The SMILES string of the molecule is C=C(C)c1cc(NCCCCNCCCCc2ccc(-c3cnc4[nH]cc(C(=O)c5c(F)ccc(NO)c5F)c4c3)cc2)ccc1C(C)=O.C=C1CCC(C)C(=C)N1.CC.CC1CCN(C)C1. The van der Waals surface area contributed by atoms with E-state index < -0.39 is 28.7 Å². The van der Waals surface area contributed by atoms with Crippen LogP contribution in [-0.2, 0) is 6.42 Å². The van der Waals surface area contributed by atoms with Gasteiger partial charge in [0.2, 0.25) is 5.78 Å². The van der Waals surface area contributed by atoms with E-state index in [9.17, 15) is 18.4 Å². The number of fused-ring (bicyclic) bond motifs is 1. The van der Waals surface area contributed by atoms with Crippen LogP contribution in [0.3, 0.4) is 0 Å². The van der Waals surface area contributed by atoms with Gasteiger partial charge < -0.3 is 25.8 Å². The van der Waals surface area contributed by atoms with Crippen molar-refractivity contribution >= 4 is 39.5 Å². The molecular weight excluding hydrogens is 845 g/mol. The summed E-state index contributed by atoms with van der Waals surface area (Å²) in [4.78, 5) is 34.7. The van der Waals surface area contributed by atoms with Gasteiger partial charge in [0.15, 0.2) is 11.6 Å². The van der Waals surface area contributed by atoms with Crippen molar-refractivity contribution < 1.29 is 23.6 Å². The number of nitrogens with one attached hydrogen (secondary N) is 5. The first kappa shape index (κ1) is 53.7. The third-order valence-corrected chi connectivity index (χ3v) is 12.0. The second-order valence-corrected chi connectivity index (χ2v) is 17.5. The van der Waals surface area contributed by atoms with Gasteiger partial charge in [-0.25, -0.2) is 13.8 Å². The van der Waals surface area contributed by atoms with E-state index >= 15 is 0 Å². The molecule has 2 fully saturated rings. The number of likely N-dealkylation sites (tertiary alicyclic amines) is 1. The first-order valence-electron chi connectivity index (χ1n) is 23.7. The summed E-state index contributed by atoms with van der Waals surface area (Å²) in [5.41, 5.74) is 9.58. The number of halogens is 2. The minimum absolute atomic E-state index is 0.0444. The molecule has 0 amide bonds. The topological polar surface area (TPSA) is 134 Å². The minimum Gasteiger partial charge on any atom is -0.385 e. The highest BCUT2D eigenvalue weighted by atomic mass is 19.1. The number of H-pyrrole nitrogens is 1. The molecule has 2 aromatic heterocycles. The molecule has 2 atom stereocenters. The lowest BCUT2D eigenvalue weighted by Crippen LogP contribution is -2.22.